The van der Waals surface area contributed by atoms with Crippen molar-refractivity contribution in [2.75, 3.05) is 26.7 Å². The highest BCUT2D eigenvalue weighted by atomic mass is 19.3. The molecule has 0 saturated carbocycles. The van der Waals surface area contributed by atoms with Crippen LogP contribution in [0.15, 0.2) is 36.4 Å². The van der Waals surface area contributed by atoms with Gasteiger partial charge in [0.1, 0.15) is 17.7 Å². The molecule has 2 unspecified atom stereocenters. The van der Waals surface area contributed by atoms with Crippen LogP contribution in [0, 0.1) is 17.8 Å². The maximum atomic E-state index is 13.3. The highest BCUT2D eigenvalue weighted by molar-refractivity contribution is 5.97. The zero-order valence-corrected chi connectivity index (χ0v) is 19.9. The number of ether oxygens (including phenoxy) is 1. The molecule has 2 aromatic carbocycles. The summed E-state index contributed by atoms with van der Waals surface area (Å²) >= 11 is 0. The smallest absolute Gasteiger partial charge is 0.387 e. The molecule has 0 N–H and O–H groups in total. The van der Waals surface area contributed by atoms with Crippen LogP contribution in [0.25, 0.3) is 11.0 Å². The van der Waals surface area contributed by atoms with Gasteiger partial charge in [-0.3, -0.25) is 9.69 Å². The van der Waals surface area contributed by atoms with E-state index in [9.17, 15) is 18.0 Å². The highest BCUT2D eigenvalue weighted by Gasteiger charge is 2.45. The first kappa shape index (κ1) is 22.9. The number of hydrogen-bond donors (Lipinski definition) is 0. The van der Waals surface area contributed by atoms with Crippen molar-refractivity contribution in [2.24, 2.45) is 5.92 Å². The number of carbonyl (C=O) groups excluding carboxylic acids is 1. The fraction of sp³-hybridized carbons (Fsp3) is 0.407. The molecule has 1 saturated heterocycles. The average molecular weight is 495 g/mol. The second kappa shape index (κ2) is 8.56. The van der Waals surface area contributed by atoms with Crippen molar-refractivity contribution in [2.45, 2.75) is 38.2 Å². The number of amides is 1. The number of likely N-dealkylation sites (tertiary alicyclic amines) is 1. The Kier molecular flexibility index (Phi) is 5.45. The predicted octanol–water partition coefficient (Wildman–Crippen LogP) is 4.40. The highest BCUT2D eigenvalue weighted by Crippen LogP contribution is 2.49. The number of halogens is 3. The number of rotatable bonds is 4. The van der Waals surface area contributed by atoms with Crippen molar-refractivity contribution in [3.8, 4) is 17.6 Å². The predicted molar refractivity (Wildman–Crippen MR) is 128 cm³/mol. The van der Waals surface area contributed by atoms with E-state index in [0.29, 0.717) is 30.6 Å². The van der Waals surface area contributed by atoms with Crippen LogP contribution in [0.3, 0.4) is 0 Å². The third-order valence-electron chi connectivity index (χ3n) is 7.31. The normalized spacial score (nSPS) is 22.1. The summed E-state index contributed by atoms with van der Waals surface area (Å²) in [7, 11) is 1.72. The van der Waals surface area contributed by atoms with E-state index in [2.05, 4.69) is 16.7 Å². The minimum atomic E-state index is -3.00. The first-order valence-corrected chi connectivity index (χ1v) is 12.0. The number of fused-ring (bicyclic) bond motifs is 9. The zero-order valence-electron chi connectivity index (χ0n) is 19.9. The number of imidazole rings is 1. The summed E-state index contributed by atoms with van der Waals surface area (Å²) in [6.07, 6.45) is -0.207. The number of alkyl halides is 3. The van der Waals surface area contributed by atoms with Gasteiger partial charge in [-0.1, -0.05) is 24.8 Å². The third-order valence-corrected chi connectivity index (χ3v) is 7.31. The van der Waals surface area contributed by atoms with Gasteiger partial charge in [0.15, 0.2) is 0 Å². The lowest BCUT2D eigenvalue weighted by molar-refractivity contribution is -0.0507. The van der Waals surface area contributed by atoms with Gasteiger partial charge in [0.25, 0.3) is 5.91 Å². The minimum Gasteiger partial charge on any atom is -0.434 e. The monoisotopic (exact) mass is 494 g/mol. The molecule has 6 nitrogen and oxygen atoms in total. The molecular weight excluding hydrogens is 469 g/mol. The molecule has 3 aromatic rings. The number of aromatic nitrogens is 2. The lowest BCUT2D eigenvalue weighted by Gasteiger charge is -2.35. The Morgan fingerprint density at radius 2 is 2.00 bits per heavy atom. The van der Waals surface area contributed by atoms with Gasteiger partial charge in [-0.05, 0) is 30.3 Å². The van der Waals surface area contributed by atoms with Crippen LogP contribution in [0.2, 0.25) is 0 Å². The first-order valence-electron chi connectivity index (χ1n) is 12.0. The molecule has 3 aliphatic rings. The molecular formula is C27H25F3N4O2. The summed E-state index contributed by atoms with van der Waals surface area (Å²) in [6, 6.07) is 9.81. The van der Waals surface area contributed by atoms with Crippen molar-refractivity contribution in [3.05, 3.63) is 58.9 Å². The quantitative estimate of drug-likeness (QED) is 0.505. The molecule has 36 heavy (non-hydrogen) atoms. The van der Waals surface area contributed by atoms with E-state index in [1.807, 2.05) is 29.7 Å². The molecule has 9 heteroatoms. The van der Waals surface area contributed by atoms with Crippen LogP contribution in [0.1, 0.15) is 52.7 Å². The van der Waals surface area contributed by atoms with Gasteiger partial charge >= 0.3 is 6.61 Å². The molecule has 6 rings (SSSR count). The second-order valence-electron chi connectivity index (χ2n) is 9.81. The SMILES string of the molecule is CC(C#Cc1ccc2nc3n(c2c1)[C@@H]1CC3N(C)C(=O)c2cccc(OC(F)F)c21)CN1CC(F)C1. The molecule has 1 amide bonds. The van der Waals surface area contributed by atoms with Crippen molar-refractivity contribution >= 4 is 16.9 Å². The van der Waals surface area contributed by atoms with Gasteiger partial charge in [0.2, 0.25) is 0 Å². The van der Waals surface area contributed by atoms with Crippen molar-refractivity contribution < 1.29 is 22.7 Å². The van der Waals surface area contributed by atoms with E-state index in [0.717, 1.165) is 29.0 Å². The Morgan fingerprint density at radius 1 is 1.19 bits per heavy atom. The Balaban J connectivity index is 1.41. The number of nitrogens with zero attached hydrogens (tertiary/aromatic N) is 4. The van der Waals surface area contributed by atoms with E-state index < -0.39 is 12.8 Å². The minimum absolute atomic E-state index is 0.0101. The summed E-state index contributed by atoms with van der Waals surface area (Å²) in [5, 5.41) is 0. The van der Waals surface area contributed by atoms with Crippen LogP contribution in [0.4, 0.5) is 13.2 Å². The van der Waals surface area contributed by atoms with Crippen LogP contribution in [-0.4, -0.2) is 64.7 Å². The maximum Gasteiger partial charge on any atom is 0.387 e. The number of hydrogen-bond acceptors (Lipinski definition) is 4. The third kappa shape index (κ3) is 3.71. The topological polar surface area (TPSA) is 50.6 Å². The van der Waals surface area contributed by atoms with Crippen molar-refractivity contribution in [1.29, 1.82) is 0 Å². The molecule has 1 aromatic heterocycles. The average Bonchev–Trinajstić information content (AvgIpc) is 3.34. The molecule has 3 aliphatic heterocycles. The Morgan fingerprint density at radius 3 is 2.75 bits per heavy atom. The summed E-state index contributed by atoms with van der Waals surface area (Å²) < 4.78 is 46.5. The lowest BCUT2D eigenvalue weighted by Crippen LogP contribution is -2.49. The van der Waals surface area contributed by atoms with E-state index in [-0.39, 0.29) is 29.7 Å². The summed E-state index contributed by atoms with van der Waals surface area (Å²) in [5.41, 5.74) is 3.22. The van der Waals surface area contributed by atoms with Gasteiger partial charge in [-0.15, -0.1) is 0 Å². The van der Waals surface area contributed by atoms with Crippen LogP contribution in [0.5, 0.6) is 5.75 Å². The van der Waals surface area contributed by atoms with E-state index >= 15 is 0 Å². The van der Waals surface area contributed by atoms with Crippen LogP contribution in [-0.2, 0) is 0 Å². The molecule has 3 atom stereocenters. The largest absolute Gasteiger partial charge is 0.434 e. The maximum absolute atomic E-state index is 13.3. The molecule has 186 valence electrons. The molecule has 2 bridgehead atoms. The van der Waals surface area contributed by atoms with Crippen LogP contribution < -0.4 is 4.74 Å². The fourth-order valence-electron chi connectivity index (χ4n) is 5.65. The Labute approximate surface area is 206 Å². The lowest BCUT2D eigenvalue weighted by atomic mass is 9.97. The summed E-state index contributed by atoms with van der Waals surface area (Å²) in [4.78, 5) is 21.7. The first-order chi connectivity index (χ1) is 17.3. The van der Waals surface area contributed by atoms with E-state index in [1.165, 1.54) is 6.07 Å². The molecule has 4 heterocycles. The van der Waals surface area contributed by atoms with Gasteiger partial charge < -0.3 is 14.2 Å². The fourth-order valence-corrected chi connectivity index (χ4v) is 5.65. The van der Waals surface area contributed by atoms with Gasteiger partial charge in [0, 0.05) is 55.7 Å². The van der Waals surface area contributed by atoms with Gasteiger partial charge in [-0.25, -0.2) is 9.37 Å². The van der Waals surface area contributed by atoms with E-state index in [1.54, 1.807) is 24.1 Å². The van der Waals surface area contributed by atoms with E-state index in [4.69, 9.17) is 9.72 Å². The standard InChI is InChI=1S/C27H25F3N4O2/c1-15(12-33-13-17(28)14-33)6-7-16-8-9-19-20(10-16)34-21-11-22(25(34)31-19)32(2)26(35)18-4-3-5-23(24(18)21)36-27(29)30/h3-5,8-10,15,17,21-22,27H,11-14H2,1-2H3/t15?,21-,22?/m1/s1. The molecule has 0 spiro atoms. The van der Waals surface area contributed by atoms with Crippen molar-refractivity contribution in [1.82, 2.24) is 19.4 Å². The Hall–Kier alpha value is -3.51. The second-order valence-corrected chi connectivity index (χ2v) is 9.81. The molecule has 0 aliphatic carbocycles. The van der Waals surface area contributed by atoms with Crippen LogP contribution >= 0.6 is 0 Å². The molecule has 1 fully saturated rings. The zero-order chi connectivity index (χ0) is 25.1. The summed E-state index contributed by atoms with van der Waals surface area (Å²) in [6.45, 7) is 0.691. The molecule has 0 radical (unpaired) electrons. The number of carbonyl (C=O) groups is 1. The van der Waals surface area contributed by atoms with Crippen molar-refractivity contribution in [3.63, 3.8) is 0 Å². The Bertz CT molecular complexity index is 1420. The summed E-state index contributed by atoms with van der Waals surface area (Å²) in [5.74, 6) is 7.06. The van der Waals surface area contributed by atoms with Gasteiger partial charge in [-0.2, -0.15) is 8.78 Å². The number of benzene rings is 2. The van der Waals surface area contributed by atoms with Gasteiger partial charge in [0.05, 0.1) is 23.1 Å².